The Morgan fingerprint density at radius 2 is 2.00 bits per heavy atom. The lowest BCUT2D eigenvalue weighted by Gasteiger charge is -2.39. The predicted octanol–water partition coefficient (Wildman–Crippen LogP) is 0.848. The topological polar surface area (TPSA) is 67.4 Å². The van der Waals surface area contributed by atoms with Crippen LogP contribution in [0.5, 0.6) is 0 Å². The van der Waals surface area contributed by atoms with E-state index in [1.54, 1.807) is 0 Å². The van der Waals surface area contributed by atoms with Crippen LogP contribution in [0.3, 0.4) is 0 Å². The monoisotopic (exact) mass is 356 g/mol. The van der Waals surface area contributed by atoms with Crippen LogP contribution >= 0.6 is 0 Å². The summed E-state index contributed by atoms with van der Waals surface area (Å²) in [6, 6.07) is 0. The van der Waals surface area contributed by atoms with E-state index in [1.165, 1.54) is 0 Å². The van der Waals surface area contributed by atoms with Crippen molar-refractivity contribution in [3.63, 3.8) is 0 Å². The molecular formula is C18H36N4O3. The van der Waals surface area contributed by atoms with Gasteiger partial charge in [-0.05, 0) is 33.6 Å². The van der Waals surface area contributed by atoms with Gasteiger partial charge in [0.2, 0.25) is 0 Å². The third kappa shape index (κ3) is 7.48. The Bertz CT molecular complexity index is 392. The zero-order valence-electron chi connectivity index (χ0n) is 16.2. The quantitative estimate of drug-likeness (QED) is 0.363. The van der Waals surface area contributed by atoms with Gasteiger partial charge in [0.25, 0.3) is 0 Å². The Hall–Kier alpha value is -0.890. The van der Waals surface area contributed by atoms with Crippen LogP contribution in [-0.4, -0.2) is 88.3 Å². The molecule has 25 heavy (non-hydrogen) atoms. The molecule has 0 amide bonds. The largest absolute Gasteiger partial charge is 0.379 e. The van der Waals surface area contributed by atoms with Crippen molar-refractivity contribution in [2.24, 2.45) is 4.99 Å². The molecule has 2 rings (SSSR count). The maximum Gasteiger partial charge on any atom is 0.191 e. The molecule has 0 aromatic carbocycles. The van der Waals surface area contributed by atoms with Gasteiger partial charge in [0.15, 0.2) is 5.96 Å². The summed E-state index contributed by atoms with van der Waals surface area (Å²) in [6.45, 7) is 15.0. The van der Waals surface area contributed by atoms with Crippen LogP contribution in [0.2, 0.25) is 0 Å². The third-order valence-corrected chi connectivity index (χ3v) is 4.69. The van der Waals surface area contributed by atoms with Crippen molar-refractivity contribution in [3.8, 4) is 0 Å². The number of nitrogens with one attached hydrogen (secondary N) is 2. The van der Waals surface area contributed by atoms with Gasteiger partial charge in [-0.1, -0.05) is 0 Å². The number of aliphatic imine (C=N–C) groups is 1. The van der Waals surface area contributed by atoms with Crippen LogP contribution in [-0.2, 0) is 14.2 Å². The molecular weight excluding hydrogens is 320 g/mol. The second-order valence-corrected chi connectivity index (χ2v) is 7.24. The zero-order chi connectivity index (χ0) is 18.0. The Kier molecular flexibility index (Phi) is 8.95. The van der Waals surface area contributed by atoms with Crippen molar-refractivity contribution < 1.29 is 14.2 Å². The molecule has 2 N–H and O–H groups in total. The van der Waals surface area contributed by atoms with E-state index in [0.717, 1.165) is 84.6 Å². The van der Waals surface area contributed by atoms with Crippen molar-refractivity contribution in [1.82, 2.24) is 15.5 Å². The molecule has 7 nitrogen and oxygen atoms in total. The van der Waals surface area contributed by atoms with Crippen molar-refractivity contribution >= 4 is 5.96 Å². The number of guanidine groups is 1. The van der Waals surface area contributed by atoms with E-state index < -0.39 is 0 Å². The van der Waals surface area contributed by atoms with Crippen molar-refractivity contribution in [2.45, 2.75) is 45.3 Å². The predicted molar refractivity (Wildman–Crippen MR) is 100 cm³/mol. The number of nitrogens with zero attached hydrogens (tertiary/aromatic N) is 2. The molecule has 0 bridgehead atoms. The molecule has 1 atom stereocenters. The highest BCUT2D eigenvalue weighted by Gasteiger charge is 2.28. The first kappa shape index (κ1) is 20.4. The Labute approximate surface area is 152 Å². The molecule has 0 saturated carbocycles. The van der Waals surface area contributed by atoms with Gasteiger partial charge in [0, 0.05) is 44.9 Å². The standard InChI is InChI=1S/C18H36N4O3/c1-4-19-17(20-7-5-10-25-16-6-11-24-14-16)21-15-18(2,3)22-8-12-23-13-9-22/h16H,4-15H2,1-3H3,(H2,19,20,21). The van der Waals surface area contributed by atoms with Crippen molar-refractivity contribution in [1.29, 1.82) is 0 Å². The van der Waals surface area contributed by atoms with Gasteiger partial charge in [0.1, 0.15) is 0 Å². The molecule has 1 unspecified atom stereocenters. The van der Waals surface area contributed by atoms with Crippen LogP contribution in [0.1, 0.15) is 33.6 Å². The van der Waals surface area contributed by atoms with Gasteiger partial charge >= 0.3 is 0 Å². The molecule has 7 heteroatoms. The lowest BCUT2D eigenvalue weighted by atomic mass is 10.0. The molecule has 2 heterocycles. The van der Waals surface area contributed by atoms with E-state index in [-0.39, 0.29) is 11.6 Å². The van der Waals surface area contributed by atoms with Crippen LogP contribution in [0.15, 0.2) is 4.99 Å². The van der Waals surface area contributed by atoms with Crippen LogP contribution in [0, 0.1) is 0 Å². The number of ether oxygens (including phenoxy) is 3. The summed E-state index contributed by atoms with van der Waals surface area (Å²) in [5, 5.41) is 6.73. The first-order valence-corrected chi connectivity index (χ1v) is 9.66. The highest BCUT2D eigenvalue weighted by molar-refractivity contribution is 5.79. The van der Waals surface area contributed by atoms with E-state index in [0.29, 0.717) is 0 Å². The smallest absolute Gasteiger partial charge is 0.191 e. The van der Waals surface area contributed by atoms with E-state index in [4.69, 9.17) is 19.2 Å². The van der Waals surface area contributed by atoms with Crippen LogP contribution in [0.4, 0.5) is 0 Å². The fourth-order valence-electron chi connectivity index (χ4n) is 3.06. The number of rotatable bonds is 9. The summed E-state index contributed by atoms with van der Waals surface area (Å²) in [5.41, 5.74) is 0.0394. The number of hydrogen-bond donors (Lipinski definition) is 2. The molecule has 0 spiro atoms. The van der Waals surface area contributed by atoms with Gasteiger partial charge in [-0.15, -0.1) is 0 Å². The highest BCUT2D eigenvalue weighted by atomic mass is 16.5. The maximum absolute atomic E-state index is 5.79. The second kappa shape index (κ2) is 11.0. The summed E-state index contributed by atoms with van der Waals surface area (Å²) in [5.74, 6) is 0.882. The SMILES string of the molecule is CCNC(=NCC(C)(C)N1CCOCC1)NCCCOC1CCOC1. The van der Waals surface area contributed by atoms with Crippen molar-refractivity contribution in [2.75, 3.05) is 65.8 Å². The lowest BCUT2D eigenvalue weighted by molar-refractivity contribution is -0.00684. The average molecular weight is 357 g/mol. The fourth-order valence-corrected chi connectivity index (χ4v) is 3.06. The molecule has 0 radical (unpaired) electrons. The minimum absolute atomic E-state index is 0.0394. The maximum atomic E-state index is 5.79. The van der Waals surface area contributed by atoms with Crippen LogP contribution < -0.4 is 10.6 Å². The molecule has 2 saturated heterocycles. The van der Waals surface area contributed by atoms with E-state index in [1.807, 2.05) is 0 Å². The van der Waals surface area contributed by atoms with E-state index >= 15 is 0 Å². The molecule has 0 aromatic rings. The highest BCUT2D eigenvalue weighted by Crippen LogP contribution is 2.16. The first-order valence-electron chi connectivity index (χ1n) is 9.66. The summed E-state index contributed by atoms with van der Waals surface area (Å²) < 4.78 is 16.6. The normalized spacial score (nSPS) is 23.0. The van der Waals surface area contributed by atoms with E-state index in [2.05, 4.69) is 36.3 Å². The summed E-state index contributed by atoms with van der Waals surface area (Å²) in [6.07, 6.45) is 2.28. The van der Waals surface area contributed by atoms with Crippen molar-refractivity contribution in [3.05, 3.63) is 0 Å². The molecule has 0 aliphatic carbocycles. The molecule has 2 fully saturated rings. The van der Waals surface area contributed by atoms with E-state index in [9.17, 15) is 0 Å². The summed E-state index contributed by atoms with van der Waals surface area (Å²) >= 11 is 0. The lowest BCUT2D eigenvalue weighted by Crippen LogP contribution is -2.52. The third-order valence-electron chi connectivity index (χ3n) is 4.69. The average Bonchev–Trinajstić information content (AvgIpc) is 3.13. The van der Waals surface area contributed by atoms with Gasteiger partial charge < -0.3 is 24.8 Å². The van der Waals surface area contributed by atoms with Gasteiger partial charge in [-0.25, -0.2) is 0 Å². The molecule has 146 valence electrons. The minimum Gasteiger partial charge on any atom is -0.379 e. The fraction of sp³-hybridized carbons (Fsp3) is 0.944. The van der Waals surface area contributed by atoms with Gasteiger partial charge in [-0.2, -0.15) is 0 Å². The van der Waals surface area contributed by atoms with Crippen LogP contribution in [0.25, 0.3) is 0 Å². The minimum atomic E-state index is 0.0394. The molecule has 2 aliphatic rings. The summed E-state index contributed by atoms with van der Waals surface area (Å²) in [7, 11) is 0. The first-order chi connectivity index (χ1) is 12.1. The van der Waals surface area contributed by atoms with Gasteiger partial charge in [-0.3, -0.25) is 9.89 Å². The van der Waals surface area contributed by atoms with Gasteiger partial charge in [0.05, 0.1) is 32.5 Å². The Balaban J connectivity index is 1.69. The zero-order valence-corrected chi connectivity index (χ0v) is 16.2. The number of morpholine rings is 1. The number of hydrogen-bond acceptors (Lipinski definition) is 5. The second-order valence-electron chi connectivity index (χ2n) is 7.24. The Morgan fingerprint density at radius 3 is 2.68 bits per heavy atom. The molecule has 2 aliphatic heterocycles. The Morgan fingerprint density at radius 1 is 1.20 bits per heavy atom. The summed E-state index contributed by atoms with van der Waals surface area (Å²) in [4.78, 5) is 7.25. The molecule has 0 aromatic heterocycles.